The molecule has 6 heteroatoms. The van der Waals surface area contributed by atoms with Gasteiger partial charge in [-0.05, 0) is 18.2 Å². The van der Waals surface area contributed by atoms with Crippen LogP contribution in [-0.2, 0) is 0 Å². The zero-order valence-electron chi connectivity index (χ0n) is 8.67. The molecule has 4 nitrogen and oxygen atoms in total. The van der Waals surface area contributed by atoms with Crippen LogP contribution in [0.5, 0.6) is 5.75 Å². The summed E-state index contributed by atoms with van der Waals surface area (Å²) in [6, 6.07) is 4.32. The molecular formula is C10H12F2N2O2. The summed E-state index contributed by atoms with van der Waals surface area (Å²) in [4.78, 5) is 11.4. The summed E-state index contributed by atoms with van der Waals surface area (Å²) in [5.41, 5.74) is 6.16. The standard InChI is InChI=1S/C10H12F2N2O2/c1-16-8-4-6(2-3-7(8)13)10(15)14-5-9(11)12/h2-4,9H,5,13H2,1H3,(H,14,15). The third-order valence-corrected chi connectivity index (χ3v) is 1.91. The molecule has 0 bridgehead atoms. The molecule has 0 saturated carbocycles. The van der Waals surface area contributed by atoms with Gasteiger partial charge in [-0.15, -0.1) is 0 Å². The van der Waals surface area contributed by atoms with Gasteiger partial charge in [0.1, 0.15) is 5.75 Å². The number of amides is 1. The number of halogens is 2. The van der Waals surface area contributed by atoms with Gasteiger partial charge in [0.15, 0.2) is 0 Å². The van der Waals surface area contributed by atoms with Crippen molar-refractivity contribution in [2.75, 3.05) is 19.4 Å². The van der Waals surface area contributed by atoms with Crippen LogP contribution in [0.15, 0.2) is 18.2 Å². The number of hydrogen-bond donors (Lipinski definition) is 2. The van der Waals surface area contributed by atoms with Crippen molar-refractivity contribution in [1.82, 2.24) is 5.32 Å². The highest BCUT2D eigenvalue weighted by Crippen LogP contribution is 2.21. The van der Waals surface area contributed by atoms with Crippen molar-refractivity contribution >= 4 is 11.6 Å². The highest BCUT2D eigenvalue weighted by Gasteiger charge is 2.10. The molecule has 0 aromatic heterocycles. The number of rotatable bonds is 4. The first-order valence-electron chi connectivity index (χ1n) is 4.54. The normalized spacial score (nSPS) is 10.2. The zero-order valence-corrected chi connectivity index (χ0v) is 8.67. The SMILES string of the molecule is COc1cc(C(=O)NCC(F)F)ccc1N. The smallest absolute Gasteiger partial charge is 0.255 e. The Bertz CT molecular complexity index is 383. The number of carbonyl (C=O) groups is 1. The summed E-state index contributed by atoms with van der Waals surface area (Å²) in [6.07, 6.45) is -2.57. The topological polar surface area (TPSA) is 64.3 Å². The first kappa shape index (κ1) is 12.2. The highest BCUT2D eigenvalue weighted by atomic mass is 19.3. The maximum atomic E-state index is 11.9. The number of benzene rings is 1. The molecule has 0 aliphatic carbocycles. The minimum Gasteiger partial charge on any atom is -0.495 e. The molecule has 0 heterocycles. The fourth-order valence-electron chi connectivity index (χ4n) is 1.12. The summed E-state index contributed by atoms with van der Waals surface area (Å²) in [7, 11) is 1.41. The van der Waals surface area contributed by atoms with E-state index in [2.05, 4.69) is 5.32 Å². The average molecular weight is 230 g/mol. The number of nitrogen functional groups attached to an aromatic ring is 1. The van der Waals surface area contributed by atoms with Crippen LogP contribution in [0, 0.1) is 0 Å². The molecule has 0 atom stereocenters. The van der Waals surface area contributed by atoms with Crippen LogP contribution in [-0.4, -0.2) is 26.0 Å². The maximum Gasteiger partial charge on any atom is 0.255 e. The molecule has 0 aliphatic heterocycles. The molecule has 0 aliphatic rings. The van der Waals surface area contributed by atoms with E-state index < -0.39 is 18.9 Å². The van der Waals surface area contributed by atoms with Gasteiger partial charge < -0.3 is 15.8 Å². The second-order valence-electron chi connectivity index (χ2n) is 3.06. The molecule has 16 heavy (non-hydrogen) atoms. The lowest BCUT2D eigenvalue weighted by atomic mass is 10.2. The molecule has 1 amide bonds. The monoisotopic (exact) mass is 230 g/mol. The van der Waals surface area contributed by atoms with Crippen LogP contribution >= 0.6 is 0 Å². The first-order chi connectivity index (χ1) is 7.54. The van der Waals surface area contributed by atoms with Crippen molar-refractivity contribution in [3.63, 3.8) is 0 Å². The number of methoxy groups -OCH3 is 1. The van der Waals surface area contributed by atoms with Crippen molar-refractivity contribution in [2.45, 2.75) is 6.43 Å². The number of alkyl halides is 2. The molecule has 0 saturated heterocycles. The predicted octanol–water partition coefficient (Wildman–Crippen LogP) is 1.27. The van der Waals surface area contributed by atoms with Gasteiger partial charge in [-0.25, -0.2) is 8.78 Å². The van der Waals surface area contributed by atoms with Gasteiger partial charge in [-0.3, -0.25) is 4.79 Å². The van der Waals surface area contributed by atoms with E-state index in [1.807, 2.05) is 0 Å². The fraction of sp³-hybridized carbons (Fsp3) is 0.300. The Labute approximate surface area is 91.4 Å². The summed E-state index contributed by atoms with van der Waals surface area (Å²) < 4.78 is 28.6. The molecule has 1 aromatic carbocycles. The van der Waals surface area contributed by atoms with Gasteiger partial charge in [-0.1, -0.05) is 0 Å². The maximum absolute atomic E-state index is 11.9. The minimum atomic E-state index is -2.57. The molecular weight excluding hydrogens is 218 g/mol. The number of anilines is 1. The van der Waals surface area contributed by atoms with Crippen LogP contribution in [0.4, 0.5) is 14.5 Å². The Kier molecular flexibility index (Phi) is 4.04. The highest BCUT2D eigenvalue weighted by molar-refractivity contribution is 5.95. The minimum absolute atomic E-state index is 0.228. The van der Waals surface area contributed by atoms with Gasteiger partial charge in [0.05, 0.1) is 19.3 Å². The van der Waals surface area contributed by atoms with E-state index in [0.29, 0.717) is 11.4 Å². The van der Waals surface area contributed by atoms with Crippen LogP contribution in [0.1, 0.15) is 10.4 Å². The van der Waals surface area contributed by atoms with Crippen molar-refractivity contribution in [3.05, 3.63) is 23.8 Å². The lowest BCUT2D eigenvalue weighted by molar-refractivity contribution is 0.0891. The van der Waals surface area contributed by atoms with Gasteiger partial charge >= 0.3 is 0 Å². The van der Waals surface area contributed by atoms with Crippen LogP contribution in [0.3, 0.4) is 0 Å². The number of carbonyl (C=O) groups excluding carboxylic acids is 1. The summed E-state index contributed by atoms with van der Waals surface area (Å²) >= 11 is 0. The van der Waals surface area contributed by atoms with Crippen LogP contribution in [0.2, 0.25) is 0 Å². The third kappa shape index (κ3) is 3.08. The van der Waals surface area contributed by atoms with E-state index >= 15 is 0 Å². The number of nitrogens with one attached hydrogen (secondary N) is 1. The van der Waals surface area contributed by atoms with E-state index in [1.165, 1.54) is 25.3 Å². The Balaban J connectivity index is 2.76. The molecule has 88 valence electrons. The Morgan fingerprint density at radius 3 is 2.81 bits per heavy atom. The summed E-state index contributed by atoms with van der Waals surface area (Å²) in [5.74, 6) is -0.247. The van der Waals surface area contributed by atoms with E-state index in [1.54, 1.807) is 0 Å². The molecule has 1 rings (SSSR count). The number of hydrogen-bond acceptors (Lipinski definition) is 3. The van der Waals surface area contributed by atoms with Crippen molar-refractivity contribution in [3.8, 4) is 5.75 Å². The lowest BCUT2D eigenvalue weighted by Crippen LogP contribution is -2.28. The van der Waals surface area contributed by atoms with Crippen molar-refractivity contribution < 1.29 is 18.3 Å². The number of ether oxygens (including phenoxy) is 1. The third-order valence-electron chi connectivity index (χ3n) is 1.91. The van der Waals surface area contributed by atoms with Crippen LogP contribution in [0.25, 0.3) is 0 Å². The Morgan fingerprint density at radius 1 is 1.56 bits per heavy atom. The zero-order chi connectivity index (χ0) is 12.1. The molecule has 3 N–H and O–H groups in total. The summed E-state index contributed by atoms with van der Waals surface area (Å²) in [6.45, 7) is -0.675. The van der Waals surface area contributed by atoms with Crippen molar-refractivity contribution in [1.29, 1.82) is 0 Å². The first-order valence-corrected chi connectivity index (χ1v) is 4.54. The predicted molar refractivity (Wildman–Crippen MR) is 55.7 cm³/mol. The second kappa shape index (κ2) is 5.29. The number of nitrogens with two attached hydrogens (primary N) is 1. The van der Waals surface area contributed by atoms with Gasteiger partial charge in [0.25, 0.3) is 12.3 Å². The van der Waals surface area contributed by atoms with Gasteiger partial charge in [-0.2, -0.15) is 0 Å². The Morgan fingerprint density at radius 2 is 2.25 bits per heavy atom. The largest absolute Gasteiger partial charge is 0.495 e. The molecule has 0 fully saturated rings. The lowest BCUT2D eigenvalue weighted by Gasteiger charge is -2.08. The van der Waals surface area contributed by atoms with E-state index in [9.17, 15) is 13.6 Å². The molecule has 0 unspecified atom stereocenters. The van der Waals surface area contributed by atoms with Gasteiger partial charge in [0, 0.05) is 5.56 Å². The Hall–Kier alpha value is -1.85. The van der Waals surface area contributed by atoms with Gasteiger partial charge in [0.2, 0.25) is 0 Å². The molecule has 1 aromatic rings. The quantitative estimate of drug-likeness (QED) is 0.765. The van der Waals surface area contributed by atoms with E-state index in [-0.39, 0.29) is 5.56 Å². The summed E-state index contributed by atoms with van der Waals surface area (Å²) in [5, 5.41) is 2.08. The second-order valence-corrected chi connectivity index (χ2v) is 3.06. The van der Waals surface area contributed by atoms with E-state index in [4.69, 9.17) is 10.5 Å². The molecule has 0 spiro atoms. The molecule has 0 radical (unpaired) electrons. The van der Waals surface area contributed by atoms with Crippen LogP contribution < -0.4 is 15.8 Å². The fourth-order valence-corrected chi connectivity index (χ4v) is 1.12. The van der Waals surface area contributed by atoms with E-state index in [0.717, 1.165) is 0 Å². The average Bonchev–Trinajstić information content (AvgIpc) is 2.26. The van der Waals surface area contributed by atoms with Crippen molar-refractivity contribution in [2.24, 2.45) is 0 Å².